The molecule has 1 aromatic rings. The molecule has 0 radical (unpaired) electrons. The van der Waals surface area contributed by atoms with E-state index in [1.54, 1.807) is 24.3 Å². The Kier molecular flexibility index (Phi) is 4.99. The van der Waals surface area contributed by atoms with Gasteiger partial charge in [0, 0.05) is 0 Å². The molecule has 0 aliphatic heterocycles. The third kappa shape index (κ3) is 4.27. The van der Waals surface area contributed by atoms with E-state index in [1.165, 1.54) is 0 Å². The van der Waals surface area contributed by atoms with Gasteiger partial charge in [-0.1, -0.05) is 31.4 Å². The van der Waals surface area contributed by atoms with Crippen LogP contribution in [-0.2, 0) is 15.8 Å². The summed E-state index contributed by atoms with van der Waals surface area (Å²) in [4.78, 5) is 0. The van der Waals surface area contributed by atoms with Crippen LogP contribution in [0.3, 0.4) is 0 Å². The maximum absolute atomic E-state index is 12.3. The molecule has 1 fully saturated rings. The fraction of sp³-hybridized carbons (Fsp3) is 0.533. The van der Waals surface area contributed by atoms with E-state index in [-0.39, 0.29) is 12.4 Å². The van der Waals surface area contributed by atoms with Crippen molar-refractivity contribution in [2.45, 2.75) is 43.4 Å². The van der Waals surface area contributed by atoms with E-state index < -0.39 is 15.6 Å². The molecule has 0 heterocycles. The van der Waals surface area contributed by atoms with Gasteiger partial charge in [0.25, 0.3) is 0 Å². The van der Waals surface area contributed by atoms with Gasteiger partial charge in [0.1, 0.15) is 0 Å². The van der Waals surface area contributed by atoms with Gasteiger partial charge in [-0.3, -0.25) is 0 Å². The first-order valence-electron chi connectivity index (χ1n) is 7.10. The standard InChI is InChI=1S/C15H20N2O3S/c16-10-13-5-4-6-14(9-13)11-21(19,20)17-15(12-18)7-2-1-3-8-15/h4-6,9,17-18H,1-3,7-8,11-12H2. The van der Waals surface area contributed by atoms with Crippen molar-refractivity contribution in [2.24, 2.45) is 0 Å². The van der Waals surface area contributed by atoms with Gasteiger partial charge in [0.15, 0.2) is 0 Å². The average Bonchev–Trinajstić information content (AvgIpc) is 2.47. The molecule has 21 heavy (non-hydrogen) atoms. The summed E-state index contributed by atoms with van der Waals surface area (Å²) in [5, 5.41) is 18.4. The summed E-state index contributed by atoms with van der Waals surface area (Å²) in [6.45, 7) is -0.176. The highest BCUT2D eigenvalue weighted by Gasteiger charge is 2.35. The normalized spacial score (nSPS) is 18.1. The summed E-state index contributed by atoms with van der Waals surface area (Å²) >= 11 is 0. The number of sulfonamides is 1. The second kappa shape index (κ2) is 6.56. The number of aliphatic hydroxyl groups is 1. The van der Waals surface area contributed by atoms with Crippen molar-refractivity contribution < 1.29 is 13.5 Å². The highest BCUT2D eigenvalue weighted by atomic mass is 32.2. The lowest BCUT2D eigenvalue weighted by atomic mass is 9.83. The number of nitrogens with one attached hydrogen (secondary N) is 1. The van der Waals surface area contributed by atoms with Crippen LogP contribution in [0.15, 0.2) is 24.3 Å². The van der Waals surface area contributed by atoms with Crippen molar-refractivity contribution in [3.8, 4) is 6.07 Å². The minimum atomic E-state index is -3.55. The predicted molar refractivity (Wildman–Crippen MR) is 79.8 cm³/mol. The number of hydrogen-bond acceptors (Lipinski definition) is 4. The first-order chi connectivity index (χ1) is 9.99. The van der Waals surface area contributed by atoms with Crippen molar-refractivity contribution in [2.75, 3.05) is 6.61 Å². The van der Waals surface area contributed by atoms with Gasteiger partial charge in [-0.05, 0) is 30.5 Å². The van der Waals surface area contributed by atoms with Gasteiger partial charge < -0.3 is 5.11 Å². The third-order valence-electron chi connectivity index (χ3n) is 3.90. The molecule has 2 rings (SSSR count). The van der Waals surface area contributed by atoms with Crippen LogP contribution in [0.5, 0.6) is 0 Å². The van der Waals surface area contributed by atoms with Crippen LogP contribution < -0.4 is 4.72 Å². The van der Waals surface area contributed by atoms with E-state index in [0.717, 1.165) is 19.3 Å². The Morgan fingerprint density at radius 1 is 1.29 bits per heavy atom. The summed E-state index contributed by atoms with van der Waals surface area (Å²) < 4.78 is 27.3. The van der Waals surface area contributed by atoms with E-state index in [2.05, 4.69) is 4.72 Å². The zero-order valence-electron chi connectivity index (χ0n) is 11.9. The van der Waals surface area contributed by atoms with Crippen LogP contribution in [-0.4, -0.2) is 25.7 Å². The number of hydrogen-bond donors (Lipinski definition) is 2. The monoisotopic (exact) mass is 308 g/mol. The van der Waals surface area contributed by atoms with E-state index in [4.69, 9.17) is 5.26 Å². The number of nitriles is 1. The van der Waals surface area contributed by atoms with E-state index in [0.29, 0.717) is 24.0 Å². The summed E-state index contributed by atoms with van der Waals surface area (Å²) in [5.74, 6) is -0.176. The lowest BCUT2D eigenvalue weighted by Gasteiger charge is -2.36. The highest BCUT2D eigenvalue weighted by molar-refractivity contribution is 7.88. The fourth-order valence-corrected chi connectivity index (χ4v) is 4.46. The molecule has 0 amide bonds. The SMILES string of the molecule is N#Cc1cccc(CS(=O)(=O)NC2(CO)CCCCC2)c1. The average molecular weight is 308 g/mol. The Bertz CT molecular complexity index is 629. The summed E-state index contributed by atoms with van der Waals surface area (Å²) in [5.41, 5.74) is 0.298. The molecule has 0 spiro atoms. The van der Waals surface area contributed by atoms with Crippen LogP contribution in [0.2, 0.25) is 0 Å². The van der Waals surface area contributed by atoms with Gasteiger partial charge in [0.05, 0.1) is 29.5 Å². The Hall–Kier alpha value is -1.42. The van der Waals surface area contributed by atoms with Crippen LogP contribution in [0.25, 0.3) is 0 Å². The molecule has 114 valence electrons. The van der Waals surface area contributed by atoms with Crippen molar-refractivity contribution in [1.82, 2.24) is 4.72 Å². The lowest BCUT2D eigenvalue weighted by Crippen LogP contribution is -2.52. The molecule has 1 saturated carbocycles. The Balaban J connectivity index is 2.12. The van der Waals surface area contributed by atoms with Crippen LogP contribution >= 0.6 is 0 Å². The second-order valence-electron chi connectivity index (χ2n) is 5.67. The molecule has 5 nitrogen and oxygen atoms in total. The zero-order chi connectivity index (χ0) is 15.3. The van der Waals surface area contributed by atoms with Crippen LogP contribution in [0.1, 0.15) is 43.2 Å². The van der Waals surface area contributed by atoms with Gasteiger partial charge in [-0.15, -0.1) is 0 Å². The van der Waals surface area contributed by atoms with Crippen LogP contribution in [0.4, 0.5) is 0 Å². The zero-order valence-corrected chi connectivity index (χ0v) is 12.7. The number of aliphatic hydroxyl groups excluding tert-OH is 1. The fourth-order valence-electron chi connectivity index (χ4n) is 2.84. The van der Waals surface area contributed by atoms with Gasteiger partial charge in [-0.2, -0.15) is 5.26 Å². The molecule has 1 aromatic carbocycles. The smallest absolute Gasteiger partial charge is 0.216 e. The number of benzene rings is 1. The van der Waals surface area contributed by atoms with E-state index in [1.807, 2.05) is 6.07 Å². The molecule has 0 saturated heterocycles. The third-order valence-corrected chi connectivity index (χ3v) is 5.36. The largest absolute Gasteiger partial charge is 0.394 e. The summed E-state index contributed by atoms with van der Waals surface area (Å²) in [7, 11) is -3.55. The highest BCUT2D eigenvalue weighted by Crippen LogP contribution is 2.28. The quantitative estimate of drug-likeness (QED) is 0.866. The van der Waals surface area contributed by atoms with Gasteiger partial charge >= 0.3 is 0 Å². The number of nitrogens with zero attached hydrogens (tertiary/aromatic N) is 1. The van der Waals surface area contributed by atoms with Crippen molar-refractivity contribution in [3.05, 3.63) is 35.4 Å². The Labute approximate surface area is 125 Å². The van der Waals surface area contributed by atoms with Gasteiger partial charge in [0.2, 0.25) is 10.0 Å². The molecular formula is C15H20N2O3S. The molecule has 0 aromatic heterocycles. The molecular weight excluding hydrogens is 288 g/mol. The molecule has 0 bridgehead atoms. The van der Waals surface area contributed by atoms with Crippen molar-refractivity contribution >= 4 is 10.0 Å². The molecule has 0 atom stereocenters. The summed E-state index contributed by atoms with van der Waals surface area (Å²) in [6.07, 6.45) is 4.26. The minimum absolute atomic E-state index is 0.176. The van der Waals surface area contributed by atoms with Crippen LogP contribution in [0, 0.1) is 11.3 Å². The lowest BCUT2D eigenvalue weighted by molar-refractivity contribution is 0.142. The molecule has 2 N–H and O–H groups in total. The topological polar surface area (TPSA) is 90.2 Å². The first kappa shape index (κ1) is 16.0. The van der Waals surface area contributed by atoms with Crippen molar-refractivity contribution in [3.63, 3.8) is 0 Å². The molecule has 1 aliphatic rings. The maximum Gasteiger partial charge on any atom is 0.216 e. The predicted octanol–water partition coefficient (Wildman–Crippen LogP) is 1.67. The van der Waals surface area contributed by atoms with E-state index >= 15 is 0 Å². The minimum Gasteiger partial charge on any atom is -0.394 e. The van der Waals surface area contributed by atoms with E-state index in [9.17, 15) is 13.5 Å². The second-order valence-corrected chi connectivity index (χ2v) is 7.39. The van der Waals surface area contributed by atoms with Gasteiger partial charge in [-0.25, -0.2) is 13.1 Å². The molecule has 0 unspecified atom stereocenters. The molecule has 6 heteroatoms. The Morgan fingerprint density at radius 3 is 2.62 bits per heavy atom. The summed E-state index contributed by atoms with van der Waals surface area (Å²) in [6, 6.07) is 8.57. The van der Waals surface area contributed by atoms with Crippen molar-refractivity contribution in [1.29, 1.82) is 5.26 Å². The number of rotatable bonds is 5. The molecule has 1 aliphatic carbocycles. The first-order valence-corrected chi connectivity index (χ1v) is 8.75. The Morgan fingerprint density at radius 2 is 2.00 bits per heavy atom. The maximum atomic E-state index is 12.3.